The van der Waals surface area contributed by atoms with Gasteiger partial charge < -0.3 is 4.74 Å². The van der Waals surface area contributed by atoms with Gasteiger partial charge in [0.2, 0.25) is 0 Å². The molecule has 0 spiro atoms. The number of nitrogens with zero attached hydrogens (tertiary/aromatic N) is 4. The maximum atomic E-state index is 5.94. The van der Waals surface area contributed by atoms with Crippen molar-refractivity contribution in [3.05, 3.63) is 81.6 Å². The summed E-state index contributed by atoms with van der Waals surface area (Å²) in [6.07, 6.45) is 1.85. The zero-order valence-electron chi connectivity index (χ0n) is 14.7. The van der Waals surface area contributed by atoms with E-state index < -0.39 is 0 Å². The molecule has 1 aliphatic rings. The summed E-state index contributed by atoms with van der Waals surface area (Å²) in [7, 11) is 0. The maximum Gasteiger partial charge on any atom is 0.157 e. The number of benzene rings is 2. The topological polar surface area (TPSA) is 43.2 Å². The Kier molecular flexibility index (Phi) is 5.15. The molecular weight excluding hydrogens is 392 g/mol. The Balaban J connectivity index is 1.47. The fraction of sp³-hybridized carbons (Fsp3) is 0.300. The van der Waals surface area contributed by atoms with Gasteiger partial charge in [0.15, 0.2) is 6.23 Å². The Bertz CT molecular complexity index is 895. The Morgan fingerprint density at radius 1 is 1.12 bits per heavy atom. The van der Waals surface area contributed by atoms with Crippen LogP contribution in [0.2, 0.25) is 0 Å². The molecule has 3 aromatic rings. The molecule has 6 heteroatoms. The van der Waals surface area contributed by atoms with Gasteiger partial charge in [-0.2, -0.15) is 0 Å². The van der Waals surface area contributed by atoms with Crippen molar-refractivity contribution in [3.8, 4) is 0 Å². The molecule has 26 heavy (non-hydrogen) atoms. The Morgan fingerprint density at radius 2 is 1.92 bits per heavy atom. The van der Waals surface area contributed by atoms with Crippen LogP contribution in [0, 0.1) is 6.92 Å². The second-order valence-corrected chi connectivity index (χ2v) is 7.57. The SMILES string of the molecule is Cc1cccc(CN2CCO[C@H]2c2cn(Cc3cccc(Br)c3)nn2)c1. The largest absolute Gasteiger partial charge is 0.356 e. The first-order valence-corrected chi connectivity index (χ1v) is 9.52. The average Bonchev–Trinajstić information content (AvgIpc) is 3.24. The van der Waals surface area contributed by atoms with Gasteiger partial charge in [-0.3, -0.25) is 4.90 Å². The van der Waals surface area contributed by atoms with E-state index >= 15 is 0 Å². The highest BCUT2D eigenvalue weighted by Gasteiger charge is 2.29. The summed E-state index contributed by atoms with van der Waals surface area (Å²) in [6.45, 7) is 5.28. The maximum absolute atomic E-state index is 5.94. The van der Waals surface area contributed by atoms with Crippen LogP contribution >= 0.6 is 15.9 Å². The minimum absolute atomic E-state index is 0.133. The first kappa shape index (κ1) is 17.4. The summed E-state index contributed by atoms with van der Waals surface area (Å²) in [5.41, 5.74) is 4.62. The summed E-state index contributed by atoms with van der Waals surface area (Å²) in [6, 6.07) is 16.8. The minimum Gasteiger partial charge on any atom is -0.356 e. The molecule has 2 heterocycles. The van der Waals surface area contributed by atoms with Crippen LogP contribution in [0.5, 0.6) is 0 Å². The highest BCUT2D eigenvalue weighted by molar-refractivity contribution is 9.10. The molecule has 1 saturated heterocycles. The zero-order chi connectivity index (χ0) is 17.9. The third-order valence-electron chi connectivity index (χ3n) is 4.50. The van der Waals surface area contributed by atoms with Crippen LogP contribution in [0.4, 0.5) is 0 Å². The second-order valence-electron chi connectivity index (χ2n) is 6.65. The van der Waals surface area contributed by atoms with E-state index in [1.54, 1.807) is 0 Å². The first-order chi connectivity index (χ1) is 12.7. The van der Waals surface area contributed by atoms with Gasteiger partial charge in [0, 0.05) is 17.6 Å². The molecule has 0 aliphatic carbocycles. The van der Waals surface area contributed by atoms with Crippen LogP contribution in [0.25, 0.3) is 0 Å². The van der Waals surface area contributed by atoms with Crippen molar-refractivity contribution >= 4 is 15.9 Å². The molecule has 5 nitrogen and oxygen atoms in total. The molecule has 1 fully saturated rings. The van der Waals surface area contributed by atoms with Gasteiger partial charge in [0.1, 0.15) is 5.69 Å². The number of rotatable bonds is 5. The van der Waals surface area contributed by atoms with Crippen LogP contribution in [0.1, 0.15) is 28.6 Å². The fourth-order valence-electron chi connectivity index (χ4n) is 3.31. The summed E-state index contributed by atoms with van der Waals surface area (Å²) in [5.74, 6) is 0. The molecular formula is C20H21BrN4O. The third kappa shape index (κ3) is 4.03. The fourth-order valence-corrected chi connectivity index (χ4v) is 3.76. The van der Waals surface area contributed by atoms with Gasteiger partial charge in [-0.25, -0.2) is 4.68 Å². The molecule has 134 valence electrons. The Labute approximate surface area is 161 Å². The number of aromatic nitrogens is 3. The smallest absolute Gasteiger partial charge is 0.157 e. The molecule has 0 radical (unpaired) electrons. The summed E-state index contributed by atoms with van der Waals surface area (Å²) < 4.78 is 8.87. The van der Waals surface area contributed by atoms with Gasteiger partial charge in [-0.05, 0) is 30.2 Å². The van der Waals surface area contributed by atoms with E-state index in [0.717, 1.165) is 29.9 Å². The van der Waals surface area contributed by atoms with Crippen molar-refractivity contribution in [2.75, 3.05) is 13.2 Å². The van der Waals surface area contributed by atoms with Crippen molar-refractivity contribution in [3.63, 3.8) is 0 Å². The lowest BCUT2D eigenvalue weighted by Crippen LogP contribution is -2.23. The number of ether oxygens (including phenoxy) is 1. The van der Waals surface area contributed by atoms with E-state index in [1.165, 1.54) is 16.7 Å². The highest BCUT2D eigenvalue weighted by Crippen LogP contribution is 2.27. The number of hydrogen-bond donors (Lipinski definition) is 0. The van der Waals surface area contributed by atoms with Crippen LogP contribution in [-0.4, -0.2) is 33.0 Å². The molecule has 4 rings (SSSR count). The number of aryl methyl sites for hydroxylation is 1. The highest BCUT2D eigenvalue weighted by atomic mass is 79.9. The van der Waals surface area contributed by atoms with Gasteiger partial charge in [0.05, 0.1) is 19.3 Å². The zero-order valence-corrected chi connectivity index (χ0v) is 16.3. The minimum atomic E-state index is -0.133. The normalized spacial score (nSPS) is 17.7. The summed E-state index contributed by atoms with van der Waals surface area (Å²) in [5, 5.41) is 8.65. The van der Waals surface area contributed by atoms with E-state index in [1.807, 2.05) is 23.0 Å². The molecule has 0 bridgehead atoms. The van der Waals surface area contributed by atoms with Crippen LogP contribution in [-0.2, 0) is 17.8 Å². The van der Waals surface area contributed by atoms with Crippen molar-refractivity contribution in [2.24, 2.45) is 0 Å². The monoisotopic (exact) mass is 412 g/mol. The predicted molar refractivity (Wildman–Crippen MR) is 104 cm³/mol. The lowest BCUT2D eigenvalue weighted by Gasteiger charge is -2.21. The second kappa shape index (κ2) is 7.70. The number of hydrogen-bond acceptors (Lipinski definition) is 4. The molecule has 1 aliphatic heterocycles. The molecule has 0 unspecified atom stereocenters. The molecule has 1 aromatic heterocycles. The lowest BCUT2D eigenvalue weighted by molar-refractivity contribution is 0.0252. The van der Waals surface area contributed by atoms with Crippen LogP contribution < -0.4 is 0 Å². The van der Waals surface area contributed by atoms with Gasteiger partial charge in [-0.15, -0.1) is 5.10 Å². The standard InChI is InChI=1S/C20H21BrN4O/c1-15-4-2-5-16(10-15)12-24-8-9-26-20(24)19-14-25(23-22-19)13-17-6-3-7-18(21)11-17/h2-7,10-11,14,20H,8-9,12-13H2,1H3/t20-/m0/s1. The van der Waals surface area contributed by atoms with E-state index in [0.29, 0.717) is 6.54 Å². The van der Waals surface area contributed by atoms with Crippen molar-refractivity contribution in [1.29, 1.82) is 0 Å². The van der Waals surface area contributed by atoms with Crippen molar-refractivity contribution in [1.82, 2.24) is 19.9 Å². The average molecular weight is 413 g/mol. The molecule has 0 amide bonds. The Morgan fingerprint density at radius 3 is 2.73 bits per heavy atom. The summed E-state index contributed by atoms with van der Waals surface area (Å²) >= 11 is 3.51. The van der Waals surface area contributed by atoms with Crippen molar-refractivity contribution < 1.29 is 4.74 Å². The van der Waals surface area contributed by atoms with Gasteiger partial charge in [0.25, 0.3) is 0 Å². The molecule has 0 N–H and O–H groups in total. The quantitative estimate of drug-likeness (QED) is 0.636. The molecule has 0 saturated carbocycles. The lowest BCUT2D eigenvalue weighted by atomic mass is 10.1. The first-order valence-electron chi connectivity index (χ1n) is 8.73. The molecule has 2 aromatic carbocycles. The van der Waals surface area contributed by atoms with E-state index in [2.05, 4.69) is 74.5 Å². The van der Waals surface area contributed by atoms with E-state index in [4.69, 9.17) is 4.74 Å². The van der Waals surface area contributed by atoms with Gasteiger partial charge >= 0.3 is 0 Å². The van der Waals surface area contributed by atoms with E-state index in [9.17, 15) is 0 Å². The number of halogens is 1. The van der Waals surface area contributed by atoms with Crippen molar-refractivity contribution in [2.45, 2.75) is 26.2 Å². The summed E-state index contributed by atoms with van der Waals surface area (Å²) in [4.78, 5) is 2.31. The van der Waals surface area contributed by atoms with Crippen LogP contribution in [0.15, 0.2) is 59.2 Å². The molecule has 1 atom stereocenters. The van der Waals surface area contributed by atoms with Crippen LogP contribution in [0.3, 0.4) is 0 Å². The predicted octanol–water partition coefficient (Wildman–Crippen LogP) is 3.93. The third-order valence-corrected chi connectivity index (χ3v) is 4.99. The Hall–Kier alpha value is -2.02. The van der Waals surface area contributed by atoms with Gasteiger partial charge in [-0.1, -0.05) is 63.1 Å². The van der Waals surface area contributed by atoms with E-state index in [-0.39, 0.29) is 6.23 Å².